The van der Waals surface area contributed by atoms with E-state index in [1.54, 1.807) is 0 Å². The summed E-state index contributed by atoms with van der Waals surface area (Å²) in [5.41, 5.74) is 0.594. The SMILES string of the molecule is COc1cc([N+](=O)[O-])cc([C@H](C2CCC2)N2CCNCC2)c1O.Cl.Cl. The lowest BCUT2D eigenvalue weighted by Crippen LogP contribution is -2.47. The van der Waals surface area contributed by atoms with Gasteiger partial charge in [0, 0.05) is 43.9 Å². The molecule has 1 atom stereocenters. The predicted molar refractivity (Wildman–Crippen MR) is 100 cm³/mol. The van der Waals surface area contributed by atoms with Crippen LogP contribution in [0, 0.1) is 16.0 Å². The van der Waals surface area contributed by atoms with Gasteiger partial charge in [-0.15, -0.1) is 24.8 Å². The van der Waals surface area contributed by atoms with Crippen LogP contribution in [0.3, 0.4) is 0 Å². The number of benzene rings is 1. The molecule has 1 saturated carbocycles. The summed E-state index contributed by atoms with van der Waals surface area (Å²) in [6, 6.07) is 2.82. The molecule has 9 heteroatoms. The zero-order valence-electron chi connectivity index (χ0n) is 14.1. The Kier molecular flexibility index (Phi) is 8.21. The smallest absolute Gasteiger partial charge is 0.273 e. The van der Waals surface area contributed by atoms with Gasteiger partial charge in [-0.25, -0.2) is 0 Å². The van der Waals surface area contributed by atoms with E-state index in [1.165, 1.54) is 25.7 Å². The maximum atomic E-state index is 11.2. The Labute approximate surface area is 159 Å². The van der Waals surface area contributed by atoms with Crippen LogP contribution in [0.25, 0.3) is 0 Å². The van der Waals surface area contributed by atoms with E-state index in [0.717, 1.165) is 39.0 Å². The van der Waals surface area contributed by atoms with Gasteiger partial charge in [-0.1, -0.05) is 6.42 Å². The van der Waals surface area contributed by atoms with Crippen molar-refractivity contribution in [3.05, 3.63) is 27.8 Å². The fourth-order valence-corrected chi connectivity index (χ4v) is 3.57. The van der Waals surface area contributed by atoms with Crippen LogP contribution >= 0.6 is 24.8 Å². The number of hydrogen-bond acceptors (Lipinski definition) is 6. The molecule has 1 aromatic carbocycles. The summed E-state index contributed by atoms with van der Waals surface area (Å²) in [6.07, 6.45) is 3.37. The van der Waals surface area contributed by atoms with Crippen LogP contribution in [0.4, 0.5) is 5.69 Å². The van der Waals surface area contributed by atoms with Crippen molar-refractivity contribution in [1.29, 1.82) is 0 Å². The highest BCUT2D eigenvalue weighted by molar-refractivity contribution is 5.85. The zero-order valence-corrected chi connectivity index (χ0v) is 15.8. The molecular weight excluding hydrogens is 369 g/mol. The van der Waals surface area contributed by atoms with Gasteiger partial charge in [0.2, 0.25) is 0 Å². The molecule has 25 heavy (non-hydrogen) atoms. The molecular formula is C16H25Cl2N3O4. The summed E-state index contributed by atoms with van der Waals surface area (Å²) in [5, 5.41) is 25.1. The predicted octanol–water partition coefficient (Wildman–Crippen LogP) is 2.90. The lowest BCUT2D eigenvalue weighted by Gasteiger charge is -2.43. The third kappa shape index (κ3) is 4.47. The number of ether oxygens (including phenoxy) is 1. The molecule has 0 spiro atoms. The molecule has 0 bridgehead atoms. The second-order valence-corrected chi connectivity index (χ2v) is 6.26. The number of halogens is 2. The molecule has 0 amide bonds. The van der Waals surface area contributed by atoms with Crippen molar-refractivity contribution in [3.63, 3.8) is 0 Å². The minimum atomic E-state index is -0.430. The highest BCUT2D eigenvalue weighted by Gasteiger charge is 2.36. The zero-order chi connectivity index (χ0) is 16.4. The molecule has 1 aliphatic heterocycles. The topological polar surface area (TPSA) is 87.9 Å². The van der Waals surface area contributed by atoms with Crippen LogP contribution in [-0.2, 0) is 0 Å². The average Bonchev–Trinajstić information content (AvgIpc) is 2.52. The number of phenolic OH excluding ortho intramolecular Hbond substituents is 1. The summed E-state index contributed by atoms with van der Waals surface area (Å²) in [5.74, 6) is 0.646. The van der Waals surface area contributed by atoms with Gasteiger partial charge in [-0.2, -0.15) is 0 Å². The van der Waals surface area contributed by atoms with Crippen molar-refractivity contribution in [3.8, 4) is 11.5 Å². The number of nitro groups is 1. The average molecular weight is 394 g/mol. The van der Waals surface area contributed by atoms with Gasteiger partial charge in [0.25, 0.3) is 5.69 Å². The Bertz CT molecular complexity index is 593. The van der Waals surface area contributed by atoms with Crippen LogP contribution in [0.1, 0.15) is 30.9 Å². The molecule has 2 N–H and O–H groups in total. The third-order valence-electron chi connectivity index (χ3n) is 4.98. The maximum Gasteiger partial charge on any atom is 0.273 e. The first-order valence-electron chi connectivity index (χ1n) is 8.12. The fourth-order valence-electron chi connectivity index (χ4n) is 3.57. The summed E-state index contributed by atoms with van der Waals surface area (Å²) in [4.78, 5) is 13.1. The van der Waals surface area contributed by atoms with E-state index in [0.29, 0.717) is 11.5 Å². The van der Waals surface area contributed by atoms with Crippen molar-refractivity contribution in [2.45, 2.75) is 25.3 Å². The summed E-state index contributed by atoms with van der Waals surface area (Å²) < 4.78 is 5.16. The largest absolute Gasteiger partial charge is 0.504 e. The van der Waals surface area contributed by atoms with Crippen LogP contribution in [-0.4, -0.2) is 48.2 Å². The lowest BCUT2D eigenvalue weighted by atomic mass is 9.76. The number of nitrogens with one attached hydrogen (secondary N) is 1. The monoisotopic (exact) mass is 393 g/mol. The molecule has 142 valence electrons. The number of methoxy groups -OCH3 is 1. The van der Waals surface area contributed by atoms with Gasteiger partial charge in [0.15, 0.2) is 11.5 Å². The Hall–Kier alpha value is -1.28. The first-order valence-corrected chi connectivity index (χ1v) is 8.12. The van der Waals surface area contributed by atoms with Gasteiger partial charge in [0.05, 0.1) is 18.1 Å². The molecule has 7 nitrogen and oxygen atoms in total. The van der Waals surface area contributed by atoms with Crippen molar-refractivity contribution >= 4 is 30.5 Å². The number of nitrogens with zero attached hydrogens (tertiary/aromatic N) is 2. The quantitative estimate of drug-likeness (QED) is 0.590. The molecule has 1 aliphatic carbocycles. The van der Waals surface area contributed by atoms with E-state index < -0.39 is 4.92 Å². The van der Waals surface area contributed by atoms with Crippen LogP contribution in [0.15, 0.2) is 12.1 Å². The molecule has 2 aliphatic rings. The molecule has 0 aromatic heterocycles. The highest BCUT2D eigenvalue weighted by atomic mass is 35.5. The van der Waals surface area contributed by atoms with Gasteiger partial charge in [-0.05, 0) is 18.8 Å². The first-order chi connectivity index (χ1) is 11.1. The number of piperazine rings is 1. The van der Waals surface area contributed by atoms with E-state index in [2.05, 4.69) is 10.2 Å². The Morgan fingerprint density at radius 1 is 1.32 bits per heavy atom. The molecule has 3 rings (SSSR count). The Morgan fingerprint density at radius 2 is 1.96 bits per heavy atom. The number of aromatic hydroxyl groups is 1. The van der Waals surface area contributed by atoms with Crippen LogP contribution in [0.5, 0.6) is 11.5 Å². The minimum absolute atomic E-state index is 0. The molecule has 0 radical (unpaired) electrons. The molecule has 2 fully saturated rings. The Morgan fingerprint density at radius 3 is 2.44 bits per heavy atom. The third-order valence-corrected chi connectivity index (χ3v) is 4.98. The van der Waals surface area contributed by atoms with Crippen LogP contribution in [0.2, 0.25) is 0 Å². The van der Waals surface area contributed by atoms with E-state index >= 15 is 0 Å². The van der Waals surface area contributed by atoms with Crippen LogP contribution < -0.4 is 10.1 Å². The van der Waals surface area contributed by atoms with Gasteiger partial charge in [-0.3, -0.25) is 15.0 Å². The standard InChI is InChI=1S/C16H23N3O4.2ClH/c1-23-14-10-12(19(21)22)9-13(16(14)20)15(11-3-2-4-11)18-7-5-17-6-8-18;;/h9-11,15,17,20H,2-8H2,1H3;2*1H/t15-;;/m0../s1. The molecule has 0 unspecified atom stereocenters. The van der Waals surface area contributed by atoms with E-state index in [1.807, 2.05) is 0 Å². The van der Waals surface area contributed by atoms with Crippen molar-refractivity contribution in [2.24, 2.45) is 5.92 Å². The second kappa shape index (κ2) is 9.43. The summed E-state index contributed by atoms with van der Waals surface area (Å²) in [7, 11) is 1.42. The van der Waals surface area contributed by atoms with E-state index in [9.17, 15) is 15.2 Å². The second-order valence-electron chi connectivity index (χ2n) is 6.26. The highest BCUT2D eigenvalue weighted by Crippen LogP contribution is 2.47. The normalized spacial score (nSPS) is 19.1. The number of phenols is 1. The maximum absolute atomic E-state index is 11.2. The van der Waals surface area contributed by atoms with Crippen molar-refractivity contribution in [1.82, 2.24) is 10.2 Å². The molecule has 1 heterocycles. The van der Waals surface area contributed by atoms with E-state index in [4.69, 9.17) is 4.74 Å². The van der Waals surface area contributed by atoms with Gasteiger partial charge in [0.1, 0.15) is 0 Å². The lowest BCUT2D eigenvalue weighted by molar-refractivity contribution is -0.385. The molecule has 1 aromatic rings. The van der Waals surface area contributed by atoms with Crippen molar-refractivity contribution in [2.75, 3.05) is 33.3 Å². The summed E-state index contributed by atoms with van der Waals surface area (Å²) >= 11 is 0. The summed E-state index contributed by atoms with van der Waals surface area (Å²) in [6.45, 7) is 3.56. The number of nitro benzene ring substituents is 1. The van der Waals surface area contributed by atoms with Gasteiger partial charge >= 0.3 is 0 Å². The first kappa shape index (κ1) is 21.8. The Balaban J connectivity index is 0.00000156. The van der Waals surface area contributed by atoms with Gasteiger partial charge < -0.3 is 15.2 Å². The van der Waals surface area contributed by atoms with E-state index in [-0.39, 0.29) is 48.0 Å². The fraction of sp³-hybridized carbons (Fsp3) is 0.625. The minimum Gasteiger partial charge on any atom is -0.504 e. The number of non-ortho nitro benzene ring substituents is 1. The molecule has 1 saturated heterocycles. The number of rotatable bonds is 5. The van der Waals surface area contributed by atoms with Crippen molar-refractivity contribution < 1.29 is 14.8 Å². The number of hydrogen-bond donors (Lipinski definition) is 2.